The lowest BCUT2D eigenvalue weighted by atomic mass is 9.73. The Hall–Kier alpha value is -2.65. The lowest BCUT2D eigenvalue weighted by molar-refractivity contribution is -0.134. The summed E-state index contributed by atoms with van der Waals surface area (Å²) in [4.78, 5) is 14.8. The van der Waals surface area contributed by atoms with Crippen molar-refractivity contribution in [2.75, 3.05) is 26.9 Å². The van der Waals surface area contributed by atoms with Gasteiger partial charge < -0.3 is 29.5 Å². The van der Waals surface area contributed by atoms with Crippen LogP contribution in [0, 0.1) is 17.8 Å². The maximum Gasteiger partial charge on any atom is 0.345 e. The summed E-state index contributed by atoms with van der Waals surface area (Å²) in [5.41, 5.74) is 1.32. The van der Waals surface area contributed by atoms with Gasteiger partial charge in [0.25, 0.3) is 0 Å². The number of piperidine rings is 1. The van der Waals surface area contributed by atoms with Crippen LogP contribution in [-0.2, 0) is 25.4 Å². The monoisotopic (exact) mass is 511 g/mol. The standard InChI is InChI=1S/C29H37NO7/c1-3-23(33)21-13-18(12-17-8-5-4-6-9-17)14-22-25-19(15-31)27(36-24(25)10-7-11-30(21)22)28-26(35-2)20(16-32)29(34)37-28/h4-6,8-10,18-19,21-23,25,31-33H,3,7,11-16H2,1-2H3. The fraction of sp³-hybridized carbons (Fsp3) is 0.552. The summed E-state index contributed by atoms with van der Waals surface area (Å²) in [5, 5.41) is 31.4. The summed E-state index contributed by atoms with van der Waals surface area (Å²) in [7, 11) is 1.42. The molecule has 200 valence electrons. The molecule has 0 radical (unpaired) electrons. The van der Waals surface area contributed by atoms with Gasteiger partial charge in [-0.1, -0.05) is 37.3 Å². The van der Waals surface area contributed by atoms with Crippen LogP contribution in [0.1, 0.15) is 38.2 Å². The van der Waals surface area contributed by atoms with Crippen LogP contribution in [0.2, 0.25) is 0 Å². The molecule has 6 atom stereocenters. The van der Waals surface area contributed by atoms with E-state index in [9.17, 15) is 20.1 Å². The van der Waals surface area contributed by atoms with E-state index in [4.69, 9.17) is 14.2 Å². The van der Waals surface area contributed by atoms with Crippen molar-refractivity contribution in [3.63, 3.8) is 0 Å². The normalized spacial score (nSPS) is 32.7. The van der Waals surface area contributed by atoms with E-state index >= 15 is 0 Å². The van der Waals surface area contributed by atoms with E-state index in [1.807, 2.05) is 13.0 Å². The lowest BCUT2D eigenvalue weighted by Crippen LogP contribution is -2.57. The van der Waals surface area contributed by atoms with E-state index in [2.05, 4.69) is 35.2 Å². The number of aliphatic hydroxyl groups is 3. The van der Waals surface area contributed by atoms with Gasteiger partial charge in [-0.05, 0) is 49.7 Å². The third kappa shape index (κ3) is 4.72. The van der Waals surface area contributed by atoms with Gasteiger partial charge in [0.2, 0.25) is 5.76 Å². The molecule has 8 nitrogen and oxygen atoms in total. The minimum atomic E-state index is -0.670. The highest BCUT2D eigenvalue weighted by molar-refractivity contribution is 5.94. The van der Waals surface area contributed by atoms with Crippen LogP contribution >= 0.6 is 0 Å². The smallest absolute Gasteiger partial charge is 0.345 e. The molecular weight excluding hydrogens is 474 g/mol. The van der Waals surface area contributed by atoms with E-state index < -0.39 is 24.6 Å². The first kappa shape index (κ1) is 26.0. The number of methoxy groups -OCH3 is 1. The molecule has 37 heavy (non-hydrogen) atoms. The second-order valence-electron chi connectivity index (χ2n) is 10.4. The number of hydrogen-bond donors (Lipinski definition) is 3. The molecule has 2 fully saturated rings. The third-order valence-electron chi connectivity index (χ3n) is 8.41. The Balaban J connectivity index is 1.53. The minimum absolute atomic E-state index is 0.0148. The van der Waals surface area contributed by atoms with Crippen molar-refractivity contribution >= 4 is 5.97 Å². The molecule has 4 aliphatic heterocycles. The van der Waals surface area contributed by atoms with Crippen molar-refractivity contribution in [3.8, 4) is 0 Å². The number of esters is 1. The van der Waals surface area contributed by atoms with Crippen LogP contribution < -0.4 is 0 Å². The second-order valence-corrected chi connectivity index (χ2v) is 10.4. The number of aliphatic hydroxyl groups excluding tert-OH is 3. The molecule has 5 rings (SSSR count). The van der Waals surface area contributed by atoms with Crippen LogP contribution in [0.4, 0.5) is 0 Å². The molecule has 0 amide bonds. The molecule has 6 unspecified atom stereocenters. The Bertz CT molecular complexity index is 1090. The van der Waals surface area contributed by atoms with E-state index in [1.165, 1.54) is 12.7 Å². The molecule has 3 N–H and O–H groups in total. The highest BCUT2D eigenvalue weighted by Crippen LogP contribution is 2.50. The molecule has 1 aromatic rings. The summed E-state index contributed by atoms with van der Waals surface area (Å²) in [6.45, 7) is 2.12. The van der Waals surface area contributed by atoms with Crippen molar-refractivity contribution in [2.24, 2.45) is 17.8 Å². The summed E-state index contributed by atoms with van der Waals surface area (Å²) in [6.07, 6.45) is 5.80. The number of carbonyl (C=O) groups excluding carboxylic acids is 1. The van der Waals surface area contributed by atoms with Crippen LogP contribution in [0.3, 0.4) is 0 Å². The van der Waals surface area contributed by atoms with Crippen molar-refractivity contribution < 1.29 is 34.3 Å². The number of cyclic esters (lactones) is 1. The summed E-state index contributed by atoms with van der Waals surface area (Å²) in [6, 6.07) is 10.5. The molecule has 8 heteroatoms. The zero-order valence-corrected chi connectivity index (χ0v) is 21.5. The van der Waals surface area contributed by atoms with Gasteiger partial charge in [-0.15, -0.1) is 0 Å². The van der Waals surface area contributed by atoms with Crippen molar-refractivity contribution in [2.45, 2.75) is 57.2 Å². The van der Waals surface area contributed by atoms with E-state index in [-0.39, 0.29) is 41.7 Å². The molecule has 1 aromatic carbocycles. The largest absolute Gasteiger partial charge is 0.492 e. The molecule has 0 bridgehead atoms. The molecular formula is C29H37NO7. The number of rotatable bonds is 7. The summed E-state index contributed by atoms with van der Waals surface area (Å²) < 4.78 is 17.3. The zero-order chi connectivity index (χ0) is 26.1. The van der Waals surface area contributed by atoms with E-state index in [1.54, 1.807) is 0 Å². The second kappa shape index (κ2) is 11.0. The number of hydrogen-bond acceptors (Lipinski definition) is 8. The van der Waals surface area contributed by atoms with Gasteiger partial charge >= 0.3 is 5.97 Å². The van der Waals surface area contributed by atoms with Gasteiger partial charge in [-0.25, -0.2) is 4.79 Å². The van der Waals surface area contributed by atoms with Crippen LogP contribution in [0.25, 0.3) is 0 Å². The Morgan fingerprint density at radius 2 is 1.95 bits per heavy atom. The first-order valence-electron chi connectivity index (χ1n) is 13.3. The highest BCUT2D eigenvalue weighted by Gasteiger charge is 2.52. The summed E-state index contributed by atoms with van der Waals surface area (Å²) in [5.74, 6) is 0.516. The first-order chi connectivity index (χ1) is 18.0. The predicted octanol–water partition coefficient (Wildman–Crippen LogP) is 2.65. The Morgan fingerprint density at radius 3 is 2.62 bits per heavy atom. The predicted molar refractivity (Wildman–Crippen MR) is 136 cm³/mol. The van der Waals surface area contributed by atoms with Crippen molar-refractivity contribution in [3.05, 3.63) is 70.6 Å². The average molecular weight is 512 g/mol. The fourth-order valence-corrected chi connectivity index (χ4v) is 6.72. The van der Waals surface area contributed by atoms with Crippen LogP contribution in [0.5, 0.6) is 0 Å². The minimum Gasteiger partial charge on any atom is -0.492 e. The van der Waals surface area contributed by atoms with Gasteiger partial charge in [-0.2, -0.15) is 0 Å². The first-order valence-corrected chi connectivity index (χ1v) is 13.3. The highest BCUT2D eigenvalue weighted by atomic mass is 16.6. The molecule has 0 aliphatic carbocycles. The van der Waals surface area contributed by atoms with Crippen LogP contribution in [0.15, 0.2) is 65.0 Å². The molecule has 4 heterocycles. The Kier molecular flexibility index (Phi) is 7.72. The average Bonchev–Trinajstić information content (AvgIpc) is 3.38. The maximum absolute atomic E-state index is 12.4. The van der Waals surface area contributed by atoms with Gasteiger partial charge in [0.05, 0.1) is 32.3 Å². The molecule has 0 saturated carbocycles. The SMILES string of the molecule is CCC(O)C1CC(Cc2ccccc2)CC2C3C(=CCCN12)OC(=C1OC(=O)C(CO)=C1OC)C3CO. The van der Waals surface area contributed by atoms with Gasteiger partial charge in [0, 0.05) is 24.5 Å². The third-order valence-corrected chi connectivity index (χ3v) is 8.41. The van der Waals surface area contributed by atoms with Crippen molar-refractivity contribution in [1.82, 2.24) is 4.90 Å². The summed E-state index contributed by atoms with van der Waals surface area (Å²) >= 11 is 0. The van der Waals surface area contributed by atoms with Crippen LogP contribution in [-0.4, -0.2) is 71.2 Å². The van der Waals surface area contributed by atoms with Gasteiger partial charge in [-0.3, -0.25) is 4.90 Å². The molecule has 2 saturated heterocycles. The molecule has 0 aromatic heterocycles. The Morgan fingerprint density at radius 1 is 1.16 bits per heavy atom. The number of fused-ring (bicyclic) bond motifs is 3. The molecule has 4 aliphatic rings. The van der Waals surface area contributed by atoms with Gasteiger partial charge in [0.1, 0.15) is 11.3 Å². The number of nitrogens with zero attached hydrogens (tertiary/aromatic N) is 1. The number of carbonyl (C=O) groups is 1. The number of ether oxygens (including phenoxy) is 3. The zero-order valence-electron chi connectivity index (χ0n) is 21.5. The van der Waals surface area contributed by atoms with E-state index in [0.29, 0.717) is 18.1 Å². The topological polar surface area (TPSA) is 109 Å². The van der Waals surface area contributed by atoms with E-state index in [0.717, 1.165) is 38.0 Å². The Labute approximate surface area is 217 Å². The lowest BCUT2D eigenvalue weighted by Gasteiger charge is -2.49. The quantitative estimate of drug-likeness (QED) is 0.480. The van der Waals surface area contributed by atoms with Gasteiger partial charge in [0.15, 0.2) is 11.5 Å². The number of benzene rings is 1. The van der Waals surface area contributed by atoms with Crippen molar-refractivity contribution in [1.29, 1.82) is 0 Å². The fourth-order valence-electron chi connectivity index (χ4n) is 6.72. The maximum atomic E-state index is 12.4. The molecule has 0 spiro atoms.